The molecule has 0 bridgehead atoms. The summed E-state index contributed by atoms with van der Waals surface area (Å²) < 4.78 is 26.0. The minimum absolute atomic E-state index is 0.327. The summed E-state index contributed by atoms with van der Waals surface area (Å²) in [6.07, 6.45) is 0. The van der Waals surface area contributed by atoms with Crippen LogP contribution in [-0.2, 0) is 13.6 Å². The van der Waals surface area contributed by atoms with Crippen molar-refractivity contribution in [2.24, 2.45) is 0 Å². The molecule has 1 heterocycles. The summed E-state index contributed by atoms with van der Waals surface area (Å²) >= 11 is 1.57. The largest absolute Gasteiger partial charge is 0.342 e. The summed E-state index contributed by atoms with van der Waals surface area (Å²) in [6, 6.07) is 15.7. The van der Waals surface area contributed by atoms with Crippen molar-refractivity contribution in [3.8, 4) is 0 Å². The lowest BCUT2D eigenvalue weighted by atomic mass is 10.0. The van der Waals surface area contributed by atoms with Crippen LogP contribution in [-0.4, -0.2) is 18.2 Å². The minimum atomic E-state index is -3.39. The quantitative estimate of drug-likeness (QED) is 0.510. The van der Waals surface area contributed by atoms with E-state index in [4.69, 9.17) is 9.05 Å². The van der Waals surface area contributed by atoms with E-state index in [2.05, 4.69) is 4.98 Å². The van der Waals surface area contributed by atoms with Gasteiger partial charge >= 0.3 is 7.60 Å². The molecule has 4 nitrogen and oxygen atoms in total. The number of fused-ring (bicyclic) bond motifs is 1. The fraction of sp³-hybridized carbons (Fsp3) is 0.278. The van der Waals surface area contributed by atoms with Crippen LogP contribution < -0.4 is 0 Å². The van der Waals surface area contributed by atoms with Crippen LogP contribution in [0.1, 0.15) is 30.6 Å². The van der Waals surface area contributed by atoms with Gasteiger partial charge in [-0.1, -0.05) is 42.5 Å². The molecule has 0 radical (unpaired) electrons. The second-order valence-corrected chi connectivity index (χ2v) is 8.23. The van der Waals surface area contributed by atoms with Gasteiger partial charge in [-0.15, -0.1) is 11.3 Å². The smallest absolute Gasteiger partial charge is 0.308 e. The highest BCUT2D eigenvalue weighted by molar-refractivity contribution is 7.54. The van der Waals surface area contributed by atoms with Crippen molar-refractivity contribution in [1.82, 2.24) is 4.98 Å². The number of para-hydroxylation sites is 1. The Morgan fingerprint density at radius 3 is 2.42 bits per heavy atom. The van der Waals surface area contributed by atoms with Gasteiger partial charge in [0, 0.05) is 0 Å². The van der Waals surface area contributed by atoms with Gasteiger partial charge in [0.1, 0.15) is 5.66 Å². The number of thiazole rings is 1. The van der Waals surface area contributed by atoms with Crippen LogP contribution in [0, 0.1) is 0 Å². The van der Waals surface area contributed by atoms with Crippen LogP contribution in [0.15, 0.2) is 54.0 Å². The summed E-state index contributed by atoms with van der Waals surface area (Å²) in [5, 5.41) is 0. The summed E-state index contributed by atoms with van der Waals surface area (Å²) in [6.45, 7) is 4.32. The lowest BCUT2D eigenvalue weighted by Gasteiger charge is -2.27. The normalized spacial score (nSPS) is 13.2. The van der Waals surface area contributed by atoms with E-state index in [1.165, 1.54) is 0 Å². The Morgan fingerprint density at radius 2 is 1.75 bits per heavy atom. The molecule has 0 aliphatic rings. The number of nitrogens with zero attached hydrogens (tertiary/aromatic N) is 1. The molecule has 0 amide bonds. The maximum Gasteiger partial charge on any atom is 0.342 e. The first kappa shape index (κ1) is 17.3. The number of hydrogen-bond donors (Lipinski definition) is 0. The highest BCUT2D eigenvalue weighted by Crippen LogP contribution is 2.64. The van der Waals surface area contributed by atoms with Crippen molar-refractivity contribution in [3.05, 3.63) is 65.2 Å². The third-order valence-electron chi connectivity index (χ3n) is 3.74. The van der Waals surface area contributed by atoms with Crippen molar-refractivity contribution < 1.29 is 13.6 Å². The molecule has 0 aliphatic heterocycles. The van der Waals surface area contributed by atoms with Crippen molar-refractivity contribution in [3.63, 3.8) is 0 Å². The molecular formula is C18H20NO3PS. The summed E-state index contributed by atoms with van der Waals surface area (Å²) in [7, 11) is -3.39. The molecule has 0 fully saturated rings. The SMILES string of the molecule is CCOP(=O)(OCC)C(c1ccccc1)c1cccc2scnc12. The Labute approximate surface area is 146 Å². The van der Waals surface area contributed by atoms with E-state index >= 15 is 0 Å². The van der Waals surface area contributed by atoms with Gasteiger partial charge < -0.3 is 9.05 Å². The Morgan fingerprint density at radius 1 is 1.04 bits per heavy atom. The van der Waals surface area contributed by atoms with Crippen molar-refractivity contribution in [1.29, 1.82) is 0 Å². The third kappa shape index (κ3) is 3.31. The topological polar surface area (TPSA) is 48.4 Å². The number of aromatic nitrogens is 1. The van der Waals surface area contributed by atoms with Crippen LogP contribution in [0.4, 0.5) is 0 Å². The van der Waals surface area contributed by atoms with Gasteiger partial charge in [-0.2, -0.15) is 0 Å². The van der Waals surface area contributed by atoms with Crippen molar-refractivity contribution in [2.45, 2.75) is 19.5 Å². The summed E-state index contributed by atoms with van der Waals surface area (Å²) in [5.41, 5.74) is 3.96. The van der Waals surface area contributed by atoms with Gasteiger partial charge in [0.15, 0.2) is 0 Å². The van der Waals surface area contributed by atoms with Gasteiger partial charge in [0.05, 0.1) is 28.9 Å². The monoisotopic (exact) mass is 361 g/mol. The van der Waals surface area contributed by atoms with Crippen molar-refractivity contribution >= 4 is 29.1 Å². The predicted molar refractivity (Wildman–Crippen MR) is 98.8 cm³/mol. The summed E-state index contributed by atoms with van der Waals surface area (Å²) in [4.78, 5) is 4.49. The molecule has 0 spiro atoms. The average molecular weight is 361 g/mol. The second-order valence-electron chi connectivity index (χ2n) is 5.23. The first-order valence-corrected chi connectivity index (χ1v) is 10.4. The lowest BCUT2D eigenvalue weighted by Crippen LogP contribution is -2.09. The molecule has 0 N–H and O–H groups in total. The zero-order valence-corrected chi connectivity index (χ0v) is 15.4. The highest BCUT2D eigenvalue weighted by Gasteiger charge is 2.39. The van der Waals surface area contributed by atoms with E-state index in [0.29, 0.717) is 13.2 Å². The molecule has 1 aromatic heterocycles. The molecule has 126 valence electrons. The second kappa shape index (κ2) is 7.58. The van der Waals surface area contributed by atoms with Crippen LogP contribution >= 0.6 is 18.9 Å². The Hall–Kier alpha value is -1.52. The van der Waals surface area contributed by atoms with Gasteiger partial charge in [0.2, 0.25) is 0 Å². The van der Waals surface area contributed by atoms with Gasteiger partial charge in [-0.3, -0.25) is 4.57 Å². The fourth-order valence-corrected chi connectivity index (χ4v) is 5.73. The number of benzene rings is 2. The van der Waals surface area contributed by atoms with Crippen LogP contribution in [0.25, 0.3) is 10.2 Å². The molecule has 1 unspecified atom stereocenters. The molecule has 24 heavy (non-hydrogen) atoms. The Kier molecular flexibility index (Phi) is 5.47. The van der Waals surface area contributed by atoms with Crippen molar-refractivity contribution in [2.75, 3.05) is 13.2 Å². The third-order valence-corrected chi connectivity index (χ3v) is 6.98. The maximum atomic E-state index is 13.6. The first-order chi connectivity index (χ1) is 11.7. The lowest BCUT2D eigenvalue weighted by molar-refractivity contribution is 0.215. The van der Waals surface area contributed by atoms with Crippen LogP contribution in [0.5, 0.6) is 0 Å². The van der Waals surface area contributed by atoms with Gasteiger partial charge in [-0.05, 0) is 31.0 Å². The molecule has 0 aliphatic carbocycles. The molecule has 3 aromatic rings. The van der Waals surface area contributed by atoms with Crippen LogP contribution in [0.2, 0.25) is 0 Å². The summed E-state index contributed by atoms with van der Waals surface area (Å²) in [5.74, 6) is 0. The zero-order chi connectivity index (χ0) is 17.0. The van der Waals surface area contributed by atoms with E-state index in [1.54, 1.807) is 11.3 Å². The predicted octanol–water partition coefficient (Wildman–Crippen LogP) is 5.65. The molecule has 1 atom stereocenters. The average Bonchev–Trinajstić information content (AvgIpc) is 3.06. The molecule has 0 saturated carbocycles. The van der Waals surface area contributed by atoms with Gasteiger partial charge in [-0.25, -0.2) is 4.98 Å². The van der Waals surface area contributed by atoms with Gasteiger partial charge in [0.25, 0.3) is 0 Å². The van der Waals surface area contributed by atoms with E-state index in [-0.39, 0.29) is 0 Å². The zero-order valence-electron chi connectivity index (χ0n) is 13.7. The van der Waals surface area contributed by atoms with Crippen LogP contribution in [0.3, 0.4) is 0 Å². The Bertz CT molecular complexity index is 840. The maximum absolute atomic E-state index is 13.6. The molecular weight excluding hydrogens is 341 g/mol. The molecule has 2 aromatic carbocycles. The molecule has 0 saturated heterocycles. The van der Waals surface area contributed by atoms with E-state index in [9.17, 15) is 4.57 Å². The minimum Gasteiger partial charge on any atom is -0.308 e. The molecule has 6 heteroatoms. The molecule has 3 rings (SSSR count). The highest BCUT2D eigenvalue weighted by atomic mass is 32.1. The standard InChI is InChI=1S/C18H20NO3PS/c1-3-21-23(20,22-4-2)18(14-9-6-5-7-10-14)15-11-8-12-16-17(15)19-13-24-16/h5-13,18H,3-4H2,1-2H3. The number of hydrogen-bond acceptors (Lipinski definition) is 5. The van der Waals surface area contributed by atoms with E-state index < -0.39 is 13.3 Å². The van der Waals surface area contributed by atoms with E-state index in [0.717, 1.165) is 21.3 Å². The Balaban J connectivity index is 2.23. The number of rotatable bonds is 7. The first-order valence-electron chi connectivity index (χ1n) is 7.95. The fourth-order valence-electron chi connectivity index (χ4n) is 2.84. The van der Waals surface area contributed by atoms with E-state index in [1.807, 2.05) is 67.9 Å².